The molecule has 1 unspecified atom stereocenters. The minimum Gasteiger partial charge on any atom is -0.479 e. The number of aryl methyl sites for hydroxylation is 2. The summed E-state index contributed by atoms with van der Waals surface area (Å²) in [6.07, 6.45) is -0.141. The molecule has 0 radical (unpaired) electrons. The summed E-state index contributed by atoms with van der Waals surface area (Å²) in [6.45, 7) is 2.39. The van der Waals surface area contributed by atoms with Gasteiger partial charge in [0.1, 0.15) is 23.0 Å². The van der Waals surface area contributed by atoms with E-state index in [0.717, 1.165) is 11.8 Å². The van der Waals surface area contributed by atoms with E-state index in [1.54, 1.807) is 27.7 Å². The number of ether oxygens (including phenoxy) is 1. The summed E-state index contributed by atoms with van der Waals surface area (Å²) in [5.74, 6) is -0.587. The molecule has 0 saturated carbocycles. The Morgan fingerprint density at radius 2 is 1.94 bits per heavy atom. The van der Waals surface area contributed by atoms with Crippen LogP contribution in [0, 0.1) is 12.7 Å². The summed E-state index contributed by atoms with van der Waals surface area (Å²) in [7, 11) is 1.49. The van der Waals surface area contributed by atoms with Gasteiger partial charge in [-0.2, -0.15) is 13.2 Å². The maximum absolute atomic E-state index is 13.7. The molecular formula is C23H20F4N6O. The zero-order valence-electron chi connectivity index (χ0n) is 18.3. The van der Waals surface area contributed by atoms with Gasteiger partial charge in [0.25, 0.3) is 0 Å². The maximum atomic E-state index is 13.7. The van der Waals surface area contributed by atoms with Gasteiger partial charge in [0.2, 0.25) is 5.88 Å². The first-order valence-corrected chi connectivity index (χ1v) is 10.6. The number of methoxy groups -OCH3 is 1. The highest BCUT2D eigenvalue weighted by Gasteiger charge is 2.38. The molecule has 4 heterocycles. The number of aromatic nitrogens is 6. The largest absolute Gasteiger partial charge is 0.479 e. The Hall–Kier alpha value is -3.76. The first-order chi connectivity index (χ1) is 16.2. The third-order valence-corrected chi connectivity index (χ3v) is 5.82. The summed E-state index contributed by atoms with van der Waals surface area (Å²) in [5, 5.41) is 4.50. The van der Waals surface area contributed by atoms with E-state index < -0.39 is 23.5 Å². The number of hydrogen-bond donors (Lipinski definition) is 0. The number of nitrogens with zero attached hydrogens (tertiary/aromatic N) is 6. The topological polar surface area (TPSA) is 70.7 Å². The van der Waals surface area contributed by atoms with Crippen molar-refractivity contribution >= 4 is 0 Å². The van der Waals surface area contributed by atoms with Gasteiger partial charge in [-0.05, 0) is 49.6 Å². The highest BCUT2D eigenvalue weighted by atomic mass is 19.4. The lowest BCUT2D eigenvalue weighted by molar-refractivity contribution is -0.138. The summed E-state index contributed by atoms with van der Waals surface area (Å²) >= 11 is 0. The number of imidazole rings is 1. The van der Waals surface area contributed by atoms with E-state index in [4.69, 9.17) is 4.74 Å². The van der Waals surface area contributed by atoms with Gasteiger partial charge in [-0.25, -0.2) is 24.0 Å². The van der Waals surface area contributed by atoms with Crippen LogP contribution in [0.25, 0.3) is 17.2 Å². The molecule has 11 heteroatoms. The van der Waals surface area contributed by atoms with Crippen molar-refractivity contribution in [1.82, 2.24) is 29.3 Å². The second-order valence-corrected chi connectivity index (χ2v) is 8.09. The highest BCUT2D eigenvalue weighted by Crippen LogP contribution is 2.41. The molecule has 176 valence electrons. The van der Waals surface area contributed by atoms with Gasteiger partial charge in [0, 0.05) is 18.7 Å². The Morgan fingerprint density at radius 1 is 1.12 bits per heavy atom. The molecule has 0 spiro atoms. The lowest BCUT2D eigenvalue weighted by atomic mass is 9.87. The molecule has 5 rings (SSSR count). The van der Waals surface area contributed by atoms with Gasteiger partial charge < -0.3 is 9.30 Å². The van der Waals surface area contributed by atoms with Gasteiger partial charge in [-0.3, -0.25) is 0 Å². The van der Waals surface area contributed by atoms with Crippen molar-refractivity contribution in [3.63, 3.8) is 0 Å². The van der Waals surface area contributed by atoms with E-state index in [1.165, 1.54) is 13.2 Å². The van der Waals surface area contributed by atoms with Crippen molar-refractivity contribution in [2.75, 3.05) is 7.11 Å². The first kappa shape index (κ1) is 22.1. The van der Waals surface area contributed by atoms with E-state index in [0.29, 0.717) is 48.5 Å². The van der Waals surface area contributed by atoms with Crippen molar-refractivity contribution < 1.29 is 22.3 Å². The number of fused-ring (bicyclic) bond motifs is 1. The Balaban J connectivity index is 1.55. The summed E-state index contributed by atoms with van der Waals surface area (Å²) in [4.78, 5) is 13.3. The highest BCUT2D eigenvalue weighted by molar-refractivity contribution is 5.55. The fourth-order valence-electron chi connectivity index (χ4n) is 4.29. The average molecular weight is 472 g/mol. The quantitative estimate of drug-likeness (QED) is 0.394. The molecule has 4 aromatic rings. The van der Waals surface area contributed by atoms with Gasteiger partial charge in [0.15, 0.2) is 5.82 Å². The van der Waals surface area contributed by atoms with Crippen LogP contribution in [0.2, 0.25) is 0 Å². The molecule has 0 fully saturated rings. The predicted molar refractivity (Wildman–Crippen MR) is 114 cm³/mol. The van der Waals surface area contributed by atoms with Crippen LogP contribution < -0.4 is 4.74 Å². The second-order valence-electron chi connectivity index (χ2n) is 8.09. The van der Waals surface area contributed by atoms with Crippen LogP contribution in [0.4, 0.5) is 17.6 Å². The summed E-state index contributed by atoms with van der Waals surface area (Å²) in [6, 6.07) is 6.29. The Bertz CT molecular complexity index is 1360. The van der Waals surface area contributed by atoms with Crippen LogP contribution in [0.1, 0.15) is 41.4 Å². The second kappa shape index (κ2) is 8.23. The van der Waals surface area contributed by atoms with Gasteiger partial charge >= 0.3 is 6.18 Å². The molecule has 1 atom stereocenters. The van der Waals surface area contributed by atoms with Crippen molar-refractivity contribution in [3.8, 4) is 23.1 Å². The monoisotopic (exact) mass is 472 g/mol. The molecule has 1 aromatic carbocycles. The van der Waals surface area contributed by atoms with Gasteiger partial charge in [0.05, 0.1) is 24.7 Å². The molecule has 3 aromatic heterocycles. The van der Waals surface area contributed by atoms with Crippen LogP contribution in [-0.4, -0.2) is 36.4 Å². The number of benzene rings is 1. The van der Waals surface area contributed by atoms with E-state index in [2.05, 4.69) is 20.1 Å². The molecule has 0 aliphatic carbocycles. The third-order valence-electron chi connectivity index (χ3n) is 5.82. The number of halogens is 4. The molecular weight excluding hydrogens is 452 g/mol. The Morgan fingerprint density at radius 3 is 2.65 bits per heavy atom. The molecule has 34 heavy (non-hydrogen) atoms. The van der Waals surface area contributed by atoms with Crippen molar-refractivity contribution in [3.05, 3.63) is 71.3 Å². The van der Waals surface area contributed by atoms with E-state index >= 15 is 0 Å². The lowest BCUT2D eigenvalue weighted by Crippen LogP contribution is -2.21. The van der Waals surface area contributed by atoms with Crippen molar-refractivity contribution in [2.45, 2.75) is 38.4 Å². The zero-order chi connectivity index (χ0) is 24.0. The first-order valence-electron chi connectivity index (χ1n) is 10.6. The molecule has 0 amide bonds. The van der Waals surface area contributed by atoms with E-state index in [-0.39, 0.29) is 11.4 Å². The average Bonchev–Trinajstić information content (AvgIpc) is 3.44. The third kappa shape index (κ3) is 3.91. The number of rotatable bonds is 4. The molecule has 0 saturated heterocycles. The van der Waals surface area contributed by atoms with Gasteiger partial charge in [-0.1, -0.05) is 6.07 Å². The van der Waals surface area contributed by atoms with Crippen LogP contribution in [0.5, 0.6) is 5.88 Å². The SMILES string of the molecule is COc1nc(-c2nc3n(n2)CCCC3c2ccc(F)cc2C(F)(F)F)ccc1-n1cnc(C)c1. The molecule has 1 aliphatic heterocycles. The van der Waals surface area contributed by atoms with Crippen molar-refractivity contribution in [1.29, 1.82) is 0 Å². The maximum Gasteiger partial charge on any atom is 0.416 e. The summed E-state index contributed by atoms with van der Waals surface area (Å²) in [5.41, 5.74) is 0.933. The molecule has 0 N–H and O–H groups in total. The van der Waals surface area contributed by atoms with Crippen molar-refractivity contribution in [2.24, 2.45) is 0 Å². The van der Waals surface area contributed by atoms with Crippen LogP contribution in [0.15, 0.2) is 42.9 Å². The standard InChI is InChI=1S/C23H20F4N6O/c1-13-11-32(12-28-13)19-8-7-18(29-22(19)34-2)20-30-21-16(4-3-9-33(21)31-20)15-6-5-14(24)10-17(15)23(25,26)27/h5-8,10-12,16H,3-4,9H2,1-2H3. The minimum absolute atomic E-state index is 0.00911. The summed E-state index contributed by atoms with van der Waals surface area (Å²) < 4.78 is 63.4. The van der Waals surface area contributed by atoms with Crippen LogP contribution in [0.3, 0.4) is 0 Å². The van der Waals surface area contributed by atoms with Gasteiger partial charge in [-0.15, -0.1) is 5.10 Å². The molecule has 0 bridgehead atoms. The fourth-order valence-corrected chi connectivity index (χ4v) is 4.29. The number of alkyl halides is 3. The smallest absolute Gasteiger partial charge is 0.416 e. The number of pyridine rings is 1. The van der Waals surface area contributed by atoms with Crippen LogP contribution in [-0.2, 0) is 12.7 Å². The van der Waals surface area contributed by atoms with Crippen LogP contribution >= 0.6 is 0 Å². The Labute approximate surface area is 192 Å². The Kier molecular flexibility index (Phi) is 5.34. The predicted octanol–water partition coefficient (Wildman–Crippen LogP) is 4.93. The van der Waals surface area contributed by atoms with E-state index in [1.807, 2.05) is 13.1 Å². The minimum atomic E-state index is -4.68. The zero-order valence-corrected chi connectivity index (χ0v) is 18.3. The molecule has 7 nitrogen and oxygen atoms in total. The number of hydrogen-bond acceptors (Lipinski definition) is 5. The normalized spacial score (nSPS) is 15.9. The fraction of sp³-hybridized carbons (Fsp3) is 0.304. The molecule has 1 aliphatic rings. The van der Waals surface area contributed by atoms with E-state index in [9.17, 15) is 17.6 Å². The lowest BCUT2D eigenvalue weighted by Gasteiger charge is -2.25.